The van der Waals surface area contributed by atoms with Crippen molar-refractivity contribution in [2.45, 2.75) is 19.8 Å². The Morgan fingerprint density at radius 1 is 1.19 bits per heavy atom. The molecule has 2 aromatic rings. The molecule has 0 fully saturated rings. The third kappa shape index (κ3) is 5.75. The number of aryl methyl sites for hydroxylation is 1. The Morgan fingerprint density at radius 2 is 1.93 bits per heavy atom. The van der Waals surface area contributed by atoms with E-state index in [-0.39, 0.29) is 18.7 Å². The summed E-state index contributed by atoms with van der Waals surface area (Å²) in [4.78, 5) is 25.3. The second kappa shape index (κ2) is 9.82. The molecule has 140 valence electrons. The van der Waals surface area contributed by atoms with Crippen LogP contribution < -0.4 is 15.0 Å². The zero-order valence-electron chi connectivity index (χ0n) is 15.3. The fourth-order valence-corrected chi connectivity index (χ4v) is 2.36. The average Bonchev–Trinajstić information content (AvgIpc) is 2.69. The number of nitrogens with zero attached hydrogens (tertiary/aromatic N) is 2. The molecule has 0 atom stereocenters. The predicted molar refractivity (Wildman–Crippen MR) is 102 cm³/mol. The molecule has 0 aliphatic heterocycles. The van der Waals surface area contributed by atoms with Gasteiger partial charge in [0.05, 0.1) is 19.6 Å². The lowest BCUT2D eigenvalue weighted by Gasteiger charge is -2.21. The number of nitrogens with one attached hydrogen (secondary N) is 1. The number of methoxy groups -OCH3 is 1. The Kier molecular flexibility index (Phi) is 7.20. The summed E-state index contributed by atoms with van der Waals surface area (Å²) in [6.45, 7) is 2.26. The van der Waals surface area contributed by atoms with E-state index in [0.29, 0.717) is 11.4 Å². The molecular formula is C20H21N3O4. The molecular weight excluding hydrogens is 346 g/mol. The summed E-state index contributed by atoms with van der Waals surface area (Å²) in [5, 5.41) is 11.4. The highest BCUT2D eigenvalue weighted by Gasteiger charge is 2.18. The summed E-state index contributed by atoms with van der Waals surface area (Å²) in [6, 6.07) is 16.0. The highest BCUT2D eigenvalue weighted by molar-refractivity contribution is 5.89. The van der Waals surface area contributed by atoms with E-state index in [9.17, 15) is 9.59 Å². The first-order valence-electron chi connectivity index (χ1n) is 8.47. The minimum Gasteiger partial charge on any atom is -0.453 e. The number of ether oxygens (including phenoxy) is 2. The molecule has 0 saturated carbocycles. The molecule has 7 heteroatoms. The van der Waals surface area contributed by atoms with Crippen LogP contribution in [0.25, 0.3) is 0 Å². The number of carbonyl (C=O) groups is 2. The van der Waals surface area contributed by atoms with Crippen LogP contribution in [0.1, 0.15) is 18.9 Å². The van der Waals surface area contributed by atoms with Gasteiger partial charge in [-0.25, -0.2) is 9.59 Å². The topological polar surface area (TPSA) is 91.7 Å². The number of carbonyl (C=O) groups excluding carboxylic acids is 2. The van der Waals surface area contributed by atoms with Crippen molar-refractivity contribution < 1.29 is 19.1 Å². The third-order valence-electron chi connectivity index (χ3n) is 3.79. The fraction of sp³-hybridized carbons (Fsp3) is 0.250. The van der Waals surface area contributed by atoms with Crippen molar-refractivity contribution in [3.63, 3.8) is 0 Å². The summed E-state index contributed by atoms with van der Waals surface area (Å²) in [5.41, 5.74) is 2.23. The van der Waals surface area contributed by atoms with E-state index in [4.69, 9.17) is 10.00 Å². The van der Waals surface area contributed by atoms with Crippen LogP contribution in [0, 0.1) is 11.3 Å². The quantitative estimate of drug-likeness (QED) is 0.820. The Labute approximate surface area is 158 Å². The summed E-state index contributed by atoms with van der Waals surface area (Å²) >= 11 is 0. The molecule has 27 heavy (non-hydrogen) atoms. The molecule has 7 nitrogen and oxygen atoms in total. The van der Waals surface area contributed by atoms with Gasteiger partial charge in [-0.05, 0) is 36.2 Å². The van der Waals surface area contributed by atoms with Gasteiger partial charge in [-0.1, -0.05) is 25.1 Å². The zero-order chi connectivity index (χ0) is 19.6. The Balaban J connectivity index is 2.16. The predicted octanol–water partition coefficient (Wildman–Crippen LogP) is 4.35. The highest BCUT2D eigenvalue weighted by Crippen LogP contribution is 2.21. The lowest BCUT2D eigenvalue weighted by molar-refractivity contribution is 0.187. The van der Waals surface area contributed by atoms with Crippen LogP contribution >= 0.6 is 0 Å². The number of rotatable bonds is 6. The van der Waals surface area contributed by atoms with E-state index < -0.39 is 12.2 Å². The first-order valence-corrected chi connectivity index (χ1v) is 8.47. The molecule has 2 amide bonds. The van der Waals surface area contributed by atoms with E-state index >= 15 is 0 Å². The van der Waals surface area contributed by atoms with Crippen LogP contribution in [0.4, 0.5) is 21.0 Å². The van der Waals surface area contributed by atoms with Crippen LogP contribution in [0.2, 0.25) is 0 Å². The maximum Gasteiger partial charge on any atom is 0.419 e. The van der Waals surface area contributed by atoms with E-state index in [1.54, 1.807) is 18.2 Å². The first kappa shape index (κ1) is 19.8. The lowest BCUT2D eigenvalue weighted by Crippen LogP contribution is -2.34. The molecule has 2 rings (SSSR count). The maximum atomic E-state index is 12.6. The van der Waals surface area contributed by atoms with Crippen LogP contribution in [0.5, 0.6) is 5.75 Å². The minimum atomic E-state index is -0.620. The van der Waals surface area contributed by atoms with Crippen LogP contribution in [0.15, 0.2) is 48.5 Å². The molecule has 0 saturated heterocycles. The smallest absolute Gasteiger partial charge is 0.419 e. The van der Waals surface area contributed by atoms with Crippen molar-refractivity contribution in [2.24, 2.45) is 0 Å². The van der Waals surface area contributed by atoms with Gasteiger partial charge in [0.15, 0.2) is 0 Å². The van der Waals surface area contributed by atoms with Gasteiger partial charge in [0, 0.05) is 24.0 Å². The van der Waals surface area contributed by atoms with E-state index in [1.165, 1.54) is 18.1 Å². The number of nitriles is 1. The van der Waals surface area contributed by atoms with Gasteiger partial charge in [-0.3, -0.25) is 10.2 Å². The number of amides is 2. The Bertz CT molecular complexity index is 828. The SMILES string of the molecule is CCc1ccc(N(CCC#N)C(=O)Oc2cccc(NC(=O)OC)c2)cc1. The van der Waals surface area contributed by atoms with Crippen molar-refractivity contribution >= 4 is 23.6 Å². The normalized spacial score (nSPS) is 9.81. The van der Waals surface area contributed by atoms with E-state index in [0.717, 1.165) is 12.0 Å². The summed E-state index contributed by atoms with van der Waals surface area (Å²) < 4.78 is 9.96. The molecule has 0 unspecified atom stereocenters. The van der Waals surface area contributed by atoms with Crippen molar-refractivity contribution in [3.8, 4) is 11.8 Å². The molecule has 1 N–H and O–H groups in total. The maximum absolute atomic E-state index is 12.6. The summed E-state index contributed by atoms with van der Waals surface area (Å²) in [5.74, 6) is 0.265. The van der Waals surface area contributed by atoms with Gasteiger partial charge in [0.1, 0.15) is 5.75 Å². The molecule has 2 aromatic carbocycles. The van der Waals surface area contributed by atoms with Gasteiger partial charge in [0.2, 0.25) is 0 Å². The van der Waals surface area contributed by atoms with Crippen LogP contribution in [0.3, 0.4) is 0 Å². The van der Waals surface area contributed by atoms with E-state index in [2.05, 4.69) is 10.1 Å². The molecule has 0 aliphatic rings. The second-order valence-corrected chi connectivity index (χ2v) is 5.59. The van der Waals surface area contributed by atoms with Gasteiger partial charge in [-0.2, -0.15) is 5.26 Å². The first-order chi connectivity index (χ1) is 13.1. The molecule has 0 heterocycles. The second-order valence-electron chi connectivity index (χ2n) is 5.59. The Morgan fingerprint density at radius 3 is 2.56 bits per heavy atom. The summed E-state index contributed by atoms with van der Waals surface area (Å²) in [6.07, 6.45) is -0.160. The minimum absolute atomic E-state index is 0.175. The van der Waals surface area contributed by atoms with Gasteiger partial charge >= 0.3 is 12.2 Å². The largest absolute Gasteiger partial charge is 0.453 e. The van der Waals surface area contributed by atoms with Gasteiger partial charge < -0.3 is 9.47 Å². The number of hydrogen-bond donors (Lipinski definition) is 1. The zero-order valence-corrected chi connectivity index (χ0v) is 15.3. The number of hydrogen-bond acceptors (Lipinski definition) is 5. The van der Waals surface area contributed by atoms with Crippen molar-refractivity contribution in [2.75, 3.05) is 23.9 Å². The van der Waals surface area contributed by atoms with Crippen molar-refractivity contribution in [1.82, 2.24) is 0 Å². The van der Waals surface area contributed by atoms with Crippen LogP contribution in [-0.4, -0.2) is 25.8 Å². The number of benzene rings is 2. The number of anilines is 2. The molecule has 0 aromatic heterocycles. The van der Waals surface area contributed by atoms with Crippen LogP contribution in [-0.2, 0) is 11.2 Å². The standard InChI is InChI=1S/C20H21N3O4/c1-3-15-8-10-17(11-9-15)23(13-5-12-21)20(25)27-18-7-4-6-16(14-18)22-19(24)26-2/h4,6-11,14H,3,5,13H2,1-2H3,(H,22,24). The van der Waals surface area contributed by atoms with Crippen molar-refractivity contribution in [3.05, 3.63) is 54.1 Å². The van der Waals surface area contributed by atoms with Crippen molar-refractivity contribution in [1.29, 1.82) is 5.26 Å². The molecule has 0 radical (unpaired) electrons. The van der Waals surface area contributed by atoms with E-state index in [1.807, 2.05) is 37.3 Å². The lowest BCUT2D eigenvalue weighted by atomic mass is 10.1. The van der Waals surface area contributed by atoms with Gasteiger partial charge in [-0.15, -0.1) is 0 Å². The van der Waals surface area contributed by atoms with Gasteiger partial charge in [0.25, 0.3) is 0 Å². The fourth-order valence-electron chi connectivity index (χ4n) is 2.36. The molecule has 0 bridgehead atoms. The summed E-state index contributed by atoms with van der Waals surface area (Å²) in [7, 11) is 1.26. The molecule has 0 aliphatic carbocycles. The average molecular weight is 367 g/mol. The third-order valence-corrected chi connectivity index (χ3v) is 3.79. The molecule has 0 spiro atoms. The monoisotopic (exact) mass is 367 g/mol. The highest BCUT2D eigenvalue weighted by atomic mass is 16.6. The Hall–Kier alpha value is -3.53.